The van der Waals surface area contributed by atoms with Crippen molar-refractivity contribution in [3.8, 4) is 22.9 Å². The van der Waals surface area contributed by atoms with Gasteiger partial charge in [0.2, 0.25) is 0 Å². The van der Waals surface area contributed by atoms with Gasteiger partial charge in [-0.3, -0.25) is 0 Å². The molecule has 19 heavy (non-hydrogen) atoms. The van der Waals surface area contributed by atoms with Crippen molar-refractivity contribution in [1.82, 2.24) is 0 Å². The van der Waals surface area contributed by atoms with Crippen LogP contribution < -0.4 is 4.74 Å². The Morgan fingerprint density at radius 2 is 1.95 bits per heavy atom. The quantitative estimate of drug-likeness (QED) is 0.912. The highest BCUT2D eigenvalue weighted by Gasteiger charge is 2.16. The molecule has 0 radical (unpaired) electrons. The highest BCUT2D eigenvalue weighted by Crippen LogP contribution is 2.32. The molecule has 0 spiro atoms. The smallest absolute Gasteiger partial charge is 0.337 e. The minimum absolute atomic E-state index is 0.0258. The fraction of sp³-hybridized carbons (Fsp3) is 0.0667. The summed E-state index contributed by atoms with van der Waals surface area (Å²) >= 11 is 0. The summed E-state index contributed by atoms with van der Waals surface area (Å²) in [7, 11) is 1.49. The number of carbonyl (C=O) groups is 1. The normalized spacial score (nSPS) is 9.68. The number of nitrogens with zero attached hydrogens (tertiary/aromatic N) is 1. The summed E-state index contributed by atoms with van der Waals surface area (Å²) in [5, 5.41) is 18.1. The van der Waals surface area contributed by atoms with E-state index in [1.807, 2.05) is 36.4 Å². The third-order valence-electron chi connectivity index (χ3n) is 2.78. The van der Waals surface area contributed by atoms with E-state index in [-0.39, 0.29) is 11.1 Å². The van der Waals surface area contributed by atoms with Gasteiger partial charge in [-0.1, -0.05) is 30.3 Å². The molecular formula is C15H11NO3. The maximum absolute atomic E-state index is 11.2. The molecule has 0 fully saturated rings. The number of hydrogen-bond acceptors (Lipinski definition) is 3. The highest BCUT2D eigenvalue weighted by atomic mass is 16.5. The molecule has 94 valence electrons. The Bertz CT molecular complexity index is 657. The molecule has 0 amide bonds. The summed E-state index contributed by atoms with van der Waals surface area (Å²) in [6.07, 6.45) is 0. The standard InChI is InChI=1S/C15H11NO3/c1-19-14-7-11(9-16)13(15(17)18)8-12(14)10-5-3-2-4-6-10/h2-8H,1H3,(H,17,18). The van der Waals surface area contributed by atoms with Crippen molar-refractivity contribution < 1.29 is 14.6 Å². The van der Waals surface area contributed by atoms with Crippen molar-refractivity contribution in [2.45, 2.75) is 0 Å². The number of carboxylic acid groups (broad SMARTS) is 1. The lowest BCUT2D eigenvalue weighted by molar-refractivity contribution is 0.0696. The fourth-order valence-electron chi connectivity index (χ4n) is 1.86. The zero-order chi connectivity index (χ0) is 13.8. The molecule has 2 aromatic carbocycles. The topological polar surface area (TPSA) is 70.3 Å². The second-order valence-electron chi connectivity index (χ2n) is 3.88. The van der Waals surface area contributed by atoms with Crippen LogP contribution in [0.25, 0.3) is 11.1 Å². The van der Waals surface area contributed by atoms with E-state index in [1.165, 1.54) is 19.2 Å². The number of rotatable bonds is 3. The minimum Gasteiger partial charge on any atom is -0.496 e. The molecule has 0 aliphatic heterocycles. The van der Waals surface area contributed by atoms with E-state index in [4.69, 9.17) is 15.1 Å². The number of hydrogen-bond donors (Lipinski definition) is 1. The van der Waals surface area contributed by atoms with Crippen LogP contribution >= 0.6 is 0 Å². The van der Waals surface area contributed by atoms with Gasteiger partial charge in [-0.15, -0.1) is 0 Å². The minimum atomic E-state index is -1.13. The summed E-state index contributed by atoms with van der Waals surface area (Å²) in [6.45, 7) is 0. The van der Waals surface area contributed by atoms with E-state index in [9.17, 15) is 4.79 Å². The third kappa shape index (κ3) is 2.40. The molecular weight excluding hydrogens is 242 g/mol. The second kappa shape index (κ2) is 5.23. The Balaban J connectivity index is 2.71. The maximum atomic E-state index is 11.2. The van der Waals surface area contributed by atoms with Gasteiger partial charge in [-0.05, 0) is 17.7 Å². The molecule has 0 unspecified atom stereocenters. The van der Waals surface area contributed by atoms with Gasteiger partial charge in [0.05, 0.1) is 18.2 Å². The number of aromatic carboxylic acids is 1. The molecule has 0 atom stereocenters. The zero-order valence-corrected chi connectivity index (χ0v) is 10.3. The van der Waals surface area contributed by atoms with E-state index in [0.717, 1.165) is 5.56 Å². The predicted octanol–water partition coefficient (Wildman–Crippen LogP) is 2.93. The maximum Gasteiger partial charge on any atom is 0.337 e. The summed E-state index contributed by atoms with van der Waals surface area (Å²) < 4.78 is 5.23. The molecule has 0 saturated carbocycles. The summed E-state index contributed by atoms with van der Waals surface area (Å²) in [4.78, 5) is 11.2. The summed E-state index contributed by atoms with van der Waals surface area (Å²) in [5.74, 6) is -0.649. The van der Waals surface area contributed by atoms with E-state index >= 15 is 0 Å². The molecule has 0 saturated heterocycles. The molecule has 0 aliphatic carbocycles. The van der Waals surface area contributed by atoms with Gasteiger partial charge in [0.15, 0.2) is 0 Å². The van der Waals surface area contributed by atoms with Crippen molar-refractivity contribution >= 4 is 5.97 Å². The Morgan fingerprint density at radius 1 is 1.26 bits per heavy atom. The monoisotopic (exact) mass is 253 g/mol. The van der Waals surface area contributed by atoms with Gasteiger partial charge in [0.1, 0.15) is 11.8 Å². The van der Waals surface area contributed by atoms with E-state index < -0.39 is 5.97 Å². The lowest BCUT2D eigenvalue weighted by atomic mass is 9.98. The number of methoxy groups -OCH3 is 1. The SMILES string of the molecule is COc1cc(C#N)c(C(=O)O)cc1-c1ccccc1. The predicted molar refractivity (Wildman–Crippen MR) is 70.1 cm³/mol. The van der Waals surface area contributed by atoms with Gasteiger partial charge in [0.25, 0.3) is 0 Å². The largest absolute Gasteiger partial charge is 0.496 e. The first kappa shape index (κ1) is 12.7. The molecule has 4 heteroatoms. The van der Waals surface area contributed by atoms with Crippen LogP contribution in [-0.4, -0.2) is 18.2 Å². The van der Waals surface area contributed by atoms with E-state index in [2.05, 4.69) is 0 Å². The summed E-state index contributed by atoms with van der Waals surface area (Å²) in [5.41, 5.74) is 1.55. The molecule has 0 bridgehead atoms. The van der Waals surface area contributed by atoms with Gasteiger partial charge in [-0.2, -0.15) is 5.26 Å². The van der Waals surface area contributed by atoms with Crippen LogP contribution in [0.5, 0.6) is 5.75 Å². The van der Waals surface area contributed by atoms with Crippen LogP contribution in [0.3, 0.4) is 0 Å². The Hall–Kier alpha value is -2.80. The van der Waals surface area contributed by atoms with Gasteiger partial charge < -0.3 is 9.84 Å². The van der Waals surface area contributed by atoms with Crippen LogP contribution in [0.1, 0.15) is 15.9 Å². The first-order valence-electron chi connectivity index (χ1n) is 5.58. The average molecular weight is 253 g/mol. The van der Waals surface area contributed by atoms with Crippen molar-refractivity contribution in [1.29, 1.82) is 5.26 Å². The summed E-state index contributed by atoms with van der Waals surface area (Å²) in [6, 6.07) is 14.1. The Morgan fingerprint density at radius 3 is 2.47 bits per heavy atom. The van der Waals surface area contributed by atoms with Crippen LogP contribution in [0.2, 0.25) is 0 Å². The van der Waals surface area contributed by atoms with Crippen molar-refractivity contribution in [2.24, 2.45) is 0 Å². The van der Waals surface area contributed by atoms with Crippen molar-refractivity contribution in [3.63, 3.8) is 0 Å². The molecule has 1 N–H and O–H groups in total. The molecule has 2 rings (SSSR count). The first-order chi connectivity index (χ1) is 9.17. The Labute approximate surface area is 110 Å². The lowest BCUT2D eigenvalue weighted by Gasteiger charge is -2.11. The third-order valence-corrected chi connectivity index (χ3v) is 2.78. The molecule has 0 aromatic heterocycles. The van der Waals surface area contributed by atoms with E-state index in [0.29, 0.717) is 11.3 Å². The highest BCUT2D eigenvalue weighted by molar-refractivity contribution is 5.93. The number of nitriles is 1. The number of benzene rings is 2. The van der Waals surface area contributed by atoms with Gasteiger partial charge in [-0.25, -0.2) is 4.79 Å². The van der Waals surface area contributed by atoms with Crippen LogP contribution in [0, 0.1) is 11.3 Å². The van der Waals surface area contributed by atoms with Gasteiger partial charge in [0, 0.05) is 5.56 Å². The van der Waals surface area contributed by atoms with Crippen LogP contribution in [-0.2, 0) is 0 Å². The molecule has 4 nitrogen and oxygen atoms in total. The lowest BCUT2D eigenvalue weighted by Crippen LogP contribution is -2.02. The Kier molecular flexibility index (Phi) is 3.48. The second-order valence-corrected chi connectivity index (χ2v) is 3.88. The van der Waals surface area contributed by atoms with Gasteiger partial charge >= 0.3 is 5.97 Å². The van der Waals surface area contributed by atoms with Crippen LogP contribution in [0.4, 0.5) is 0 Å². The molecule has 0 heterocycles. The van der Waals surface area contributed by atoms with Crippen LogP contribution in [0.15, 0.2) is 42.5 Å². The fourth-order valence-corrected chi connectivity index (χ4v) is 1.86. The number of carboxylic acids is 1. The van der Waals surface area contributed by atoms with E-state index in [1.54, 1.807) is 0 Å². The van der Waals surface area contributed by atoms with Crippen molar-refractivity contribution in [2.75, 3.05) is 7.11 Å². The molecule has 2 aromatic rings. The first-order valence-corrected chi connectivity index (χ1v) is 5.58. The van der Waals surface area contributed by atoms with Crippen molar-refractivity contribution in [3.05, 3.63) is 53.6 Å². The number of ether oxygens (including phenoxy) is 1. The average Bonchev–Trinajstić information content (AvgIpc) is 2.46. The molecule has 0 aliphatic rings. The zero-order valence-electron chi connectivity index (χ0n) is 10.3.